The van der Waals surface area contributed by atoms with Crippen LogP contribution in [0.25, 0.3) is 0 Å². The molecule has 0 saturated heterocycles. The predicted octanol–water partition coefficient (Wildman–Crippen LogP) is 2.39. The van der Waals surface area contributed by atoms with Gasteiger partial charge in [0, 0.05) is 18.6 Å². The van der Waals surface area contributed by atoms with Crippen molar-refractivity contribution in [2.24, 2.45) is 0 Å². The highest BCUT2D eigenvalue weighted by Gasteiger charge is 2.30. The van der Waals surface area contributed by atoms with Crippen LogP contribution in [-0.4, -0.2) is 47.3 Å². The van der Waals surface area contributed by atoms with Gasteiger partial charge < -0.3 is 10.4 Å². The van der Waals surface area contributed by atoms with Crippen LogP contribution in [0.5, 0.6) is 0 Å². The molecule has 108 valence electrons. The minimum absolute atomic E-state index is 0.179. The molecule has 1 fully saturated rings. The van der Waals surface area contributed by atoms with Crippen molar-refractivity contribution in [1.29, 1.82) is 0 Å². The topological polar surface area (TPSA) is 35.5 Å². The normalized spacial score (nSPS) is 21.5. The maximum absolute atomic E-state index is 9.69. The molecule has 18 heavy (non-hydrogen) atoms. The first-order valence-electron chi connectivity index (χ1n) is 7.63. The van der Waals surface area contributed by atoms with Crippen LogP contribution in [0.4, 0.5) is 0 Å². The lowest BCUT2D eigenvalue weighted by Crippen LogP contribution is -2.58. The Hall–Kier alpha value is -0.120. The molecule has 0 radical (unpaired) electrons. The van der Waals surface area contributed by atoms with Gasteiger partial charge in [0.25, 0.3) is 0 Å². The highest BCUT2D eigenvalue weighted by molar-refractivity contribution is 4.89. The molecule has 0 bridgehead atoms. The number of aliphatic hydroxyl groups is 1. The molecule has 1 rings (SSSR count). The number of hydrogen-bond acceptors (Lipinski definition) is 3. The van der Waals surface area contributed by atoms with E-state index in [0.717, 1.165) is 19.1 Å². The SMILES string of the molecule is CCN(CC(C)(CO)NC(C)C)C1CCCCC1. The third kappa shape index (κ3) is 4.87. The van der Waals surface area contributed by atoms with Gasteiger partial charge in [0.2, 0.25) is 0 Å². The number of nitrogens with zero attached hydrogens (tertiary/aromatic N) is 1. The Bertz CT molecular complexity index is 227. The van der Waals surface area contributed by atoms with Crippen LogP contribution in [0.3, 0.4) is 0 Å². The van der Waals surface area contributed by atoms with E-state index < -0.39 is 0 Å². The zero-order chi connectivity index (χ0) is 13.6. The van der Waals surface area contributed by atoms with Crippen LogP contribution in [-0.2, 0) is 0 Å². The van der Waals surface area contributed by atoms with Gasteiger partial charge >= 0.3 is 0 Å². The second-order valence-corrected chi connectivity index (χ2v) is 6.37. The lowest BCUT2D eigenvalue weighted by atomic mass is 9.92. The van der Waals surface area contributed by atoms with E-state index in [1.807, 2.05) is 0 Å². The molecule has 0 aliphatic heterocycles. The molecule has 0 aromatic heterocycles. The van der Waals surface area contributed by atoms with Gasteiger partial charge in [-0.05, 0) is 26.3 Å². The standard InChI is InChI=1S/C15H32N2O/c1-5-17(14-9-7-6-8-10-14)11-15(4,12-18)16-13(2)3/h13-14,16,18H,5-12H2,1-4H3. The summed E-state index contributed by atoms with van der Waals surface area (Å²) < 4.78 is 0. The van der Waals surface area contributed by atoms with E-state index >= 15 is 0 Å². The molecule has 3 heteroatoms. The summed E-state index contributed by atoms with van der Waals surface area (Å²) in [6.07, 6.45) is 6.80. The summed E-state index contributed by atoms with van der Waals surface area (Å²) in [6, 6.07) is 1.13. The average Bonchev–Trinajstić information content (AvgIpc) is 2.36. The Balaban J connectivity index is 2.58. The fourth-order valence-electron chi connectivity index (χ4n) is 3.23. The summed E-state index contributed by atoms with van der Waals surface area (Å²) in [5.74, 6) is 0. The van der Waals surface area contributed by atoms with E-state index in [4.69, 9.17) is 0 Å². The van der Waals surface area contributed by atoms with Crippen molar-refractivity contribution in [3.8, 4) is 0 Å². The van der Waals surface area contributed by atoms with E-state index in [-0.39, 0.29) is 12.1 Å². The molecule has 1 saturated carbocycles. The molecule has 0 spiro atoms. The molecule has 1 atom stereocenters. The molecule has 0 aromatic carbocycles. The minimum Gasteiger partial charge on any atom is -0.394 e. The molecular weight excluding hydrogens is 224 g/mol. The second-order valence-electron chi connectivity index (χ2n) is 6.37. The fourth-order valence-corrected chi connectivity index (χ4v) is 3.23. The summed E-state index contributed by atoms with van der Waals surface area (Å²) in [5, 5.41) is 13.2. The Morgan fingerprint density at radius 2 is 1.89 bits per heavy atom. The zero-order valence-corrected chi connectivity index (χ0v) is 12.7. The van der Waals surface area contributed by atoms with E-state index in [9.17, 15) is 5.11 Å². The van der Waals surface area contributed by atoms with Crippen molar-refractivity contribution < 1.29 is 5.11 Å². The van der Waals surface area contributed by atoms with Gasteiger partial charge in [0.15, 0.2) is 0 Å². The van der Waals surface area contributed by atoms with Gasteiger partial charge in [-0.1, -0.05) is 40.0 Å². The van der Waals surface area contributed by atoms with Crippen LogP contribution in [0.2, 0.25) is 0 Å². The highest BCUT2D eigenvalue weighted by Crippen LogP contribution is 2.23. The Kier molecular flexibility index (Phi) is 6.61. The lowest BCUT2D eigenvalue weighted by Gasteiger charge is -2.41. The summed E-state index contributed by atoms with van der Waals surface area (Å²) in [7, 11) is 0. The van der Waals surface area contributed by atoms with E-state index in [2.05, 4.69) is 37.9 Å². The van der Waals surface area contributed by atoms with Gasteiger partial charge in [-0.3, -0.25) is 4.90 Å². The molecule has 1 aliphatic rings. The maximum atomic E-state index is 9.69. The summed E-state index contributed by atoms with van der Waals surface area (Å²) in [5.41, 5.74) is -0.179. The molecule has 0 amide bonds. The first-order chi connectivity index (χ1) is 8.50. The first-order valence-corrected chi connectivity index (χ1v) is 7.63. The van der Waals surface area contributed by atoms with Crippen LogP contribution < -0.4 is 5.32 Å². The monoisotopic (exact) mass is 256 g/mol. The van der Waals surface area contributed by atoms with Crippen molar-refractivity contribution in [2.75, 3.05) is 19.7 Å². The van der Waals surface area contributed by atoms with Crippen molar-refractivity contribution in [1.82, 2.24) is 10.2 Å². The molecule has 1 aliphatic carbocycles. The quantitative estimate of drug-likeness (QED) is 0.734. The largest absolute Gasteiger partial charge is 0.394 e. The molecule has 2 N–H and O–H groups in total. The molecule has 1 unspecified atom stereocenters. The predicted molar refractivity (Wildman–Crippen MR) is 77.9 cm³/mol. The van der Waals surface area contributed by atoms with Gasteiger partial charge in [0.05, 0.1) is 12.1 Å². The Labute approximate surface area is 113 Å². The number of aliphatic hydroxyl groups excluding tert-OH is 1. The maximum Gasteiger partial charge on any atom is 0.0623 e. The van der Waals surface area contributed by atoms with Crippen LogP contribution in [0, 0.1) is 0 Å². The Morgan fingerprint density at radius 3 is 2.33 bits per heavy atom. The summed E-state index contributed by atoms with van der Waals surface area (Å²) in [6.45, 7) is 10.9. The third-order valence-corrected chi connectivity index (χ3v) is 4.04. The van der Waals surface area contributed by atoms with Gasteiger partial charge in [-0.2, -0.15) is 0 Å². The van der Waals surface area contributed by atoms with Gasteiger partial charge in [-0.25, -0.2) is 0 Å². The van der Waals surface area contributed by atoms with E-state index in [1.165, 1.54) is 32.1 Å². The molecule has 0 aromatic rings. The van der Waals surface area contributed by atoms with Crippen molar-refractivity contribution >= 4 is 0 Å². The van der Waals surface area contributed by atoms with Gasteiger partial charge in [0.1, 0.15) is 0 Å². The second kappa shape index (κ2) is 7.46. The molecule has 0 heterocycles. The van der Waals surface area contributed by atoms with Crippen LogP contribution in [0.1, 0.15) is 59.8 Å². The van der Waals surface area contributed by atoms with Crippen molar-refractivity contribution in [3.63, 3.8) is 0 Å². The van der Waals surface area contributed by atoms with Crippen molar-refractivity contribution in [2.45, 2.75) is 77.4 Å². The number of likely N-dealkylation sites (N-methyl/N-ethyl adjacent to an activating group) is 1. The first kappa shape index (κ1) is 15.9. The van der Waals surface area contributed by atoms with Gasteiger partial charge in [-0.15, -0.1) is 0 Å². The fraction of sp³-hybridized carbons (Fsp3) is 1.00. The van der Waals surface area contributed by atoms with Crippen molar-refractivity contribution in [3.05, 3.63) is 0 Å². The third-order valence-electron chi connectivity index (χ3n) is 4.04. The number of rotatable bonds is 7. The Morgan fingerprint density at radius 1 is 1.28 bits per heavy atom. The summed E-state index contributed by atoms with van der Waals surface area (Å²) >= 11 is 0. The minimum atomic E-state index is -0.179. The molecular formula is C15H32N2O. The zero-order valence-electron chi connectivity index (χ0n) is 12.7. The molecule has 3 nitrogen and oxygen atoms in total. The van der Waals surface area contributed by atoms with Crippen LogP contribution in [0.15, 0.2) is 0 Å². The van der Waals surface area contributed by atoms with E-state index in [1.54, 1.807) is 0 Å². The number of nitrogens with one attached hydrogen (secondary N) is 1. The highest BCUT2D eigenvalue weighted by atomic mass is 16.3. The lowest BCUT2D eigenvalue weighted by molar-refractivity contribution is 0.0792. The smallest absolute Gasteiger partial charge is 0.0623 e. The summed E-state index contributed by atoms with van der Waals surface area (Å²) in [4.78, 5) is 2.56. The van der Waals surface area contributed by atoms with Crippen LogP contribution >= 0.6 is 0 Å². The van der Waals surface area contributed by atoms with E-state index in [0.29, 0.717) is 6.04 Å². The number of hydrogen-bond donors (Lipinski definition) is 2. The average molecular weight is 256 g/mol.